The second kappa shape index (κ2) is 4.37. The van der Waals surface area contributed by atoms with Gasteiger partial charge in [0.2, 0.25) is 0 Å². The third-order valence-corrected chi connectivity index (χ3v) is 2.63. The lowest BCUT2D eigenvalue weighted by atomic mass is 10.1. The maximum Gasteiger partial charge on any atom is 0.130 e. The number of hydrogen-bond donors (Lipinski definition) is 2. The van der Waals surface area contributed by atoms with Crippen LogP contribution in [-0.4, -0.2) is 0 Å². The summed E-state index contributed by atoms with van der Waals surface area (Å²) < 4.78 is 5.79. The molecular formula is C14H16N2O. The minimum Gasteiger partial charge on any atom is -0.457 e. The minimum absolute atomic E-state index is 0.535. The van der Waals surface area contributed by atoms with Gasteiger partial charge in [-0.05, 0) is 43.2 Å². The van der Waals surface area contributed by atoms with Crippen LogP contribution in [0.3, 0.4) is 0 Å². The number of ether oxygens (including phenoxy) is 1. The number of rotatable bonds is 2. The van der Waals surface area contributed by atoms with Crippen molar-refractivity contribution in [2.75, 3.05) is 11.5 Å². The van der Waals surface area contributed by atoms with E-state index in [4.69, 9.17) is 16.2 Å². The minimum atomic E-state index is 0.535. The van der Waals surface area contributed by atoms with E-state index in [1.54, 1.807) is 12.1 Å². The van der Waals surface area contributed by atoms with Crippen LogP contribution in [0.2, 0.25) is 0 Å². The fraction of sp³-hybridized carbons (Fsp3) is 0.143. The number of nitrogen functional groups attached to an aromatic ring is 2. The number of hydrogen-bond acceptors (Lipinski definition) is 3. The molecule has 17 heavy (non-hydrogen) atoms. The van der Waals surface area contributed by atoms with Gasteiger partial charge in [-0.3, -0.25) is 0 Å². The van der Waals surface area contributed by atoms with Crippen molar-refractivity contribution in [2.24, 2.45) is 0 Å². The van der Waals surface area contributed by atoms with E-state index in [9.17, 15) is 0 Å². The summed E-state index contributed by atoms with van der Waals surface area (Å²) in [5.74, 6) is 1.54. The van der Waals surface area contributed by atoms with E-state index in [1.165, 1.54) is 0 Å². The second-order valence-electron chi connectivity index (χ2n) is 4.16. The van der Waals surface area contributed by atoms with E-state index in [1.807, 2.05) is 32.0 Å². The molecular weight excluding hydrogens is 212 g/mol. The fourth-order valence-corrected chi connectivity index (χ4v) is 1.56. The lowest BCUT2D eigenvalue weighted by molar-refractivity contribution is 0.479. The molecule has 0 atom stereocenters. The molecule has 0 aliphatic rings. The monoisotopic (exact) mass is 228 g/mol. The molecule has 2 rings (SSSR count). The van der Waals surface area contributed by atoms with Crippen molar-refractivity contribution in [3.05, 3.63) is 47.5 Å². The van der Waals surface area contributed by atoms with Crippen LogP contribution < -0.4 is 16.2 Å². The number of anilines is 2. The van der Waals surface area contributed by atoms with Gasteiger partial charge in [-0.2, -0.15) is 0 Å². The Bertz CT molecular complexity index is 550. The lowest BCUT2D eigenvalue weighted by Gasteiger charge is -2.10. The summed E-state index contributed by atoms with van der Waals surface area (Å²) in [7, 11) is 0. The summed E-state index contributed by atoms with van der Waals surface area (Å²) in [5.41, 5.74) is 14.7. The van der Waals surface area contributed by atoms with Gasteiger partial charge in [-0.1, -0.05) is 12.1 Å². The zero-order valence-corrected chi connectivity index (χ0v) is 10.0. The van der Waals surface area contributed by atoms with Gasteiger partial charge in [0.15, 0.2) is 0 Å². The van der Waals surface area contributed by atoms with E-state index in [-0.39, 0.29) is 0 Å². The molecule has 0 fully saturated rings. The summed E-state index contributed by atoms with van der Waals surface area (Å²) in [4.78, 5) is 0. The number of aryl methyl sites for hydroxylation is 2. The Morgan fingerprint density at radius 1 is 0.882 bits per heavy atom. The van der Waals surface area contributed by atoms with Crippen molar-refractivity contribution >= 4 is 11.4 Å². The summed E-state index contributed by atoms with van der Waals surface area (Å²) in [6.45, 7) is 4.04. The molecule has 0 amide bonds. The average molecular weight is 228 g/mol. The molecule has 0 aliphatic carbocycles. The van der Waals surface area contributed by atoms with E-state index in [2.05, 4.69) is 6.07 Å². The molecule has 0 spiro atoms. The van der Waals surface area contributed by atoms with Gasteiger partial charge in [0.1, 0.15) is 11.5 Å². The summed E-state index contributed by atoms with van der Waals surface area (Å²) in [6.07, 6.45) is 0. The van der Waals surface area contributed by atoms with E-state index in [0.29, 0.717) is 17.1 Å². The molecule has 0 aromatic heterocycles. The first-order valence-electron chi connectivity index (χ1n) is 5.46. The zero-order valence-electron chi connectivity index (χ0n) is 10.0. The zero-order chi connectivity index (χ0) is 12.4. The summed E-state index contributed by atoms with van der Waals surface area (Å²) in [6, 6.07) is 11.4. The first-order valence-corrected chi connectivity index (χ1v) is 5.46. The molecule has 0 unspecified atom stereocenters. The molecule has 2 aromatic rings. The highest BCUT2D eigenvalue weighted by Gasteiger charge is 2.03. The van der Waals surface area contributed by atoms with Gasteiger partial charge in [-0.25, -0.2) is 0 Å². The molecule has 0 radical (unpaired) electrons. The van der Waals surface area contributed by atoms with Crippen LogP contribution in [0.1, 0.15) is 11.1 Å². The van der Waals surface area contributed by atoms with Crippen molar-refractivity contribution in [3.8, 4) is 11.5 Å². The first-order chi connectivity index (χ1) is 8.06. The third-order valence-electron chi connectivity index (χ3n) is 2.63. The van der Waals surface area contributed by atoms with Crippen LogP contribution >= 0.6 is 0 Å². The Morgan fingerprint density at radius 3 is 2.35 bits per heavy atom. The quantitative estimate of drug-likeness (QED) is 0.775. The van der Waals surface area contributed by atoms with Crippen LogP contribution in [0.4, 0.5) is 11.4 Å². The van der Waals surface area contributed by atoms with E-state index in [0.717, 1.165) is 16.9 Å². The van der Waals surface area contributed by atoms with Crippen LogP contribution in [0.15, 0.2) is 36.4 Å². The third kappa shape index (κ3) is 2.50. The molecule has 0 saturated heterocycles. The SMILES string of the molecule is Cc1ccc(C)c(Oc2ccc(N)c(N)c2)c1. The maximum absolute atomic E-state index is 5.79. The molecule has 0 heterocycles. The molecule has 0 bridgehead atoms. The van der Waals surface area contributed by atoms with Crippen LogP contribution in [0.5, 0.6) is 11.5 Å². The lowest BCUT2D eigenvalue weighted by Crippen LogP contribution is -1.95. The van der Waals surface area contributed by atoms with Crippen molar-refractivity contribution in [3.63, 3.8) is 0 Å². The van der Waals surface area contributed by atoms with Crippen molar-refractivity contribution < 1.29 is 4.74 Å². The van der Waals surface area contributed by atoms with Crippen molar-refractivity contribution in [2.45, 2.75) is 13.8 Å². The van der Waals surface area contributed by atoms with E-state index >= 15 is 0 Å². The highest BCUT2D eigenvalue weighted by atomic mass is 16.5. The molecule has 88 valence electrons. The molecule has 2 aromatic carbocycles. The van der Waals surface area contributed by atoms with Crippen LogP contribution in [0, 0.1) is 13.8 Å². The largest absolute Gasteiger partial charge is 0.457 e. The van der Waals surface area contributed by atoms with Gasteiger partial charge in [0, 0.05) is 6.07 Å². The Kier molecular flexibility index (Phi) is 2.91. The maximum atomic E-state index is 5.79. The van der Waals surface area contributed by atoms with Gasteiger partial charge >= 0.3 is 0 Å². The van der Waals surface area contributed by atoms with Gasteiger partial charge < -0.3 is 16.2 Å². The van der Waals surface area contributed by atoms with Gasteiger partial charge in [-0.15, -0.1) is 0 Å². The van der Waals surface area contributed by atoms with Gasteiger partial charge in [0.05, 0.1) is 11.4 Å². The summed E-state index contributed by atoms with van der Waals surface area (Å²) >= 11 is 0. The smallest absolute Gasteiger partial charge is 0.130 e. The topological polar surface area (TPSA) is 61.3 Å². The van der Waals surface area contributed by atoms with Crippen molar-refractivity contribution in [1.29, 1.82) is 0 Å². The second-order valence-corrected chi connectivity index (χ2v) is 4.16. The molecule has 3 heteroatoms. The predicted octanol–water partition coefficient (Wildman–Crippen LogP) is 3.26. The number of nitrogens with two attached hydrogens (primary N) is 2. The fourth-order valence-electron chi connectivity index (χ4n) is 1.56. The normalized spacial score (nSPS) is 10.2. The average Bonchev–Trinajstić information content (AvgIpc) is 2.29. The van der Waals surface area contributed by atoms with Gasteiger partial charge in [0.25, 0.3) is 0 Å². The van der Waals surface area contributed by atoms with Crippen molar-refractivity contribution in [1.82, 2.24) is 0 Å². The standard InChI is InChI=1S/C14H16N2O/c1-9-3-4-10(2)14(7-9)17-11-5-6-12(15)13(16)8-11/h3-8H,15-16H2,1-2H3. The van der Waals surface area contributed by atoms with Crippen LogP contribution in [-0.2, 0) is 0 Å². The molecule has 0 aliphatic heterocycles. The summed E-state index contributed by atoms with van der Waals surface area (Å²) in [5, 5.41) is 0. The Hall–Kier alpha value is -2.16. The highest BCUT2D eigenvalue weighted by Crippen LogP contribution is 2.29. The molecule has 4 N–H and O–H groups in total. The highest BCUT2D eigenvalue weighted by molar-refractivity contribution is 5.65. The number of benzene rings is 2. The molecule has 3 nitrogen and oxygen atoms in total. The predicted molar refractivity (Wildman–Crippen MR) is 71.3 cm³/mol. The molecule has 0 saturated carbocycles. The Balaban J connectivity index is 2.31. The Labute approximate surface area is 101 Å². The Morgan fingerprint density at radius 2 is 1.65 bits per heavy atom. The first kappa shape index (κ1) is 11.3. The van der Waals surface area contributed by atoms with Crippen LogP contribution in [0.25, 0.3) is 0 Å². The van der Waals surface area contributed by atoms with E-state index < -0.39 is 0 Å².